The molecule has 0 bridgehead atoms. The molecule has 2 heterocycles. The Balaban J connectivity index is 1.71. The number of thiophene rings is 1. The van der Waals surface area contributed by atoms with Crippen molar-refractivity contribution in [1.29, 1.82) is 0 Å². The lowest BCUT2D eigenvalue weighted by Gasteiger charge is -2.35. The van der Waals surface area contributed by atoms with Gasteiger partial charge in [0.1, 0.15) is 0 Å². The summed E-state index contributed by atoms with van der Waals surface area (Å²) in [6.45, 7) is 3.21. The summed E-state index contributed by atoms with van der Waals surface area (Å²) in [5.74, 6) is 0.157. The SMILES string of the molecule is CC1(O)CCN(C(=O)c2cc3c(s2)CCC3)CC1. The molecule has 18 heavy (non-hydrogen) atoms. The first-order valence-electron chi connectivity index (χ1n) is 6.68. The highest BCUT2D eigenvalue weighted by atomic mass is 32.1. The van der Waals surface area contributed by atoms with Gasteiger partial charge in [0.15, 0.2) is 0 Å². The number of likely N-dealkylation sites (tertiary alicyclic amines) is 1. The van der Waals surface area contributed by atoms with Gasteiger partial charge in [-0.3, -0.25) is 4.79 Å². The highest BCUT2D eigenvalue weighted by Gasteiger charge is 2.31. The van der Waals surface area contributed by atoms with Crippen LogP contribution in [0.15, 0.2) is 6.07 Å². The lowest BCUT2D eigenvalue weighted by Crippen LogP contribution is -2.44. The first-order chi connectivity index (χ1) is 8.55. The highest BCUT2D eigenvalue weighted by Crippen LogP contribution is 2.32. The fraction of sp³-hybridized carbons (Fsp3) is 0.643. The number of fused-ring (bicyclic) bond motifs is 1. The second-order valence-electron chi connectivity index (χ2n) is 5.70. The third-order valence-electron chi connectivity index (χ3n) is 4.09. The van der Waals surface area contributed by atoms with E-state index in [0.29, 0.717) is 25.9 Å². The van der Waals surface area contributed by atoms with E-state index >= 15 is 0 Å². The van der Waals surface area contributed by atoms with Gasteiger partial charge in [0, 0.05) is 18.0 Å². The van der Waals surface area contributed by atoms with Crippen LogP contribution in [0.5, 0.6) is 0 Å². The Kier molecular flexibility index (Phi) is 2.94. The van der Waals surface area contributed by atoms with Gasteiger partial charge in [-0.2, -0.15) is 0 Å². The van der Waals surface area contributed by atoms with Crippen LogP contribution in [0.1, 0.15) is 46.3 Å². The lowest BCUT2D eigenvalue weighted by atomic mass is 9.94. The van der Waals surface area contributed by atoms with E-state index in [9.17, 15) is 9.90 Å². The van der Waals surface area contributed by atoms with E-state index < -0.39 is 5.60 Å². The van der Waals surface area contributed by atoms with Gasteiger partial charge in [-0.15, -0.1) is 11.3 Å². The van der Waals surface area contributed by atoms with Crippen molar-refractivity contribution < 1.29 is 9.90 Å². The molecule has 98 valence electrons. The zero-order valence-corrected chi connectivity index (χ0v) is 11.6. The standard InChI is InChI=1S/C14H19NO2S/c1-14(17)5-7-15(8-6-14)13(16)12-9-10-3-2-4-11(10)18-12/h9,17H,2-8H2,1H3. The smallest absolute Gasteiger partial charge is 0.263 e. The summed E-state index contributed by atoms with van der Waals surface area (Å²) in [7, 11) is 0. The predicted octanol–water partition coefficient (Wildman–Crippen LogP) is 2.22. The molecule has 3 rings (SSSR count). The molecule has 1 aromatic rings. The minimum absolute atomic E-state index is 0.157. The summed E-state index contributed by atoms with van der Waals surface area (Å²) in [5.41, 5.74) is 0.793. The van der Waals surface area contributed by atoms with E-state index in [-0.39, 0.29) is 5.91 Å². The summed E-state index contributed by atoms with van der Waals surface area (Å²) in [5, 5.41) is 9.90. The van der Waals surface area contributed by atoms with Gasteiger partial charge in [-0.05, 0) is 50.7 Å². The number of aliphatic hydroxyl groups is 1. The number of aryl methyl sites for hydroxylation is 2. The molecule has 1 aliphatic carbocycles. The molecule has 1 aliphatic heterocycles. The molecule has 1 amide bonds. The van der Waals surface area contributed by atoms with Crippen molar-refractivity contribution in [3.63, 3.8) is 0 Å². The zero-order valence-electron chi connectivity index (χ0n) is 10.7. The second-order valence-corrected chi connectivity index (χ2v) is 6.84. The van der Waals surface area contributed by atoms with E-state index in [4.69, 9.17) is 0 Å². The third kappa shape index (κ3) is 2.19. The average Bonchev–Trinajstić information content (AvgIpc) is 2.88. The van der Waals surface area contributed by atoms with Crippen LogP contribution >= 0.6 is 11.3 Å². The maximum atomic E-state index is 12.4. The Morgan fingerprint density at radius 2 is 2.11 bits per heavy atom. The predicted molar refractivity (Wildman–Crippen MR) is 72.1 cm³/mol. The average molecular weight is 265 g/mol. The number of carbonyl (C=O) groups excluding carboxylic acids is 1. The summed E-state index contributed by atoms with van der Waals surface area (Å²) >= 11 is 1.67. The van der Waals surface area contributed by atoms with Gasteiger partial charge in [0.25, 0.3) is 5.91 Å². The molecule has 0 radical (unpaired) electrons. The third-order valence-corrected chi connectivity index (χ3v) is 5.31. The van der Waals surface area contributed by atoms with Crippen LogP contribution in [0, 0.1) is 0 Å². The van der Waals surface area contributed by atoms with Crippen molar-refractivity contribution in [3.8, 4) is 0 Å². The number of hydrogen-bond donors (Lipinski definition) is 1. The van der Waals surface area contributed by atoms with Crippen molar-refractivity contribution in [2.24, 2.45) is 0 Å². The van der Waals surface area contributed by atoms with Crippen LogP contribution in [-0.4, -0.2) is 34.6 Å². The zero-order chi connectivity index (χ0) is 12.8. The number of amides is 1. The molecular weight excluding hydrogens is 246 g/mol. The van der Waals surface area contributed by atoms with E-state index in [1.165, 1.54) is 16.9 Å². The maximum Gasteiger partial charge on any atom is 0.263 e. The van der Waals surface area contributed by atoms with Crippen LogP contribution in [0.3, 0.4) is 0 Å². The molecular formula is C14H19NO2S. The Morgan fingerprint density at radius 3 is 2.78 bits per heavy atom. The molecule has 0 spiro atoms. The Morgan fingerprint density at radius 1 is 1.39 bits per heavy atom. The summed E-state index contributed by atoms with van der Waals surface area (Å²) in [6.07, 6.45) is 4.88. The molecule has 1 aromatic heterocycles. The van der Waals surface area contributed by atoms with Crippen LogP contribution in [0.25, 0.3) is 0 Å². The number of carbonyl (C=O) groups is 1. The van der Waals surface area contributed by atoms with Gasteiger partial charge in [-0.1, -0.05) is 0 Å². The van der Waals surface area contributed by atoms with Gasteiger partial charge in [0.2, 0.25) is 0 Å². The van der Waals surface area contributed by atoms with E-state index in [1.807, 2.05) is 11.8 Å². The van der Waals surface area contributed by atoms with Gasteiger partial charge in [-0.25, -0.2) is 0 Å². The fourth-order valence-corrected chi connectivity index (χ4v) is 4.00. The van der Waals surface area contributed by atoms with Crippen LogP contribution in [0.4, 0.5) is 0 Å². The second kappa shape index (κ2) is 4.35. The van der Waals surface area contributed by atoms with Crippen molar-refractivity contribution in [2.45, 2.75) is 44.6 Å². The molecule has 1 N–H and O–H groups in total. The van der Waals surface area contributed by atoms with Crippen LogP contribution in [-0.2, 0) is 12.8 Å². The topological polar surface area (TPSA) is 40.5 Å². The molecule has 0 saturated carbocycles. The normalized spacial score (nSPS) is 22.0. The molecule has 2 aliphatic rings. The molecule has 3 nitrogen and oxygen atoms in total. The molecule has 0 unspecified atom stereocenters. The summed E-state index contributed by atoms with van der Waals surface area (Å²) < 4.78 is 0. The lowest BCUT2D eigenvalue weighted by molar-refractivity contribution is -0.00188. The van der Waals surface area contributed by atoms with Gasteiger partial charge < -0.3 is 10.0 Å². The van der Waals surface area contributed by atoms with E-state index in [2.05, 4.69) is 6.07 Å². The number of nitrogens with zero attached hydrogens (tertiary/aromatic N) is 1. The molecule has 0 aromatic carbocycles. The molecule has 1 saturated heterocycles. The highest BCUT2D eigenvalue weighted by molar-refractivity contribution is 7.14. The Bertz CT molecular complexity index is 447. The van der Waals surface area contributed by atoms with Crippen molar-refractivity contribution >= 4 is 17.2 Å². The fourth-order valence-electron chi connectivity index (χ4n) is 2.78. The minimum atomic E-state index is -0.589. The van der Waals surface area contributed by atoms with Crippen LogP contribution < -0.4 is 0 Å². The Labute approximate surface area is 111 Å². The Hall–Kier alpha value is -0.870. The summed E-state index contributed by atoms with van der Waals surface area (Å²) in [6, 6.07) is 2.09. The largest absolute Gasteiger partial charge is 0.390 e. The number of piperidine rings is 1. The first-order valence-corrected chi connectivity index (χ1v) is 7.50. The quantitative estimate of drug-likeness (QED) is 0.846. The molecule has 4 heteroatoms. The molecule has 1 fully saturated rings. The van der Waals surface area contributed by atoms with Crippen molar-refractivity contribution in [1.82, 2.24) is 4.90 Å². The van der Waals surface area contributed by atoms with Crippen molar-refractivity contribution in [2.75, 3.05) is 13.1 Å². The van der Waals surface area contributed by atoms with Crippen molar-refractivity contribution in [3.05, 3.63) is 21.4 Å². The molecule has 0 atom stereocenters. The first kappa shape index (κ1) is 12.2. The monoisotopic (exact) mass is 265 g/mol. The van der Waals surface area contributed by atoms with E-state index in [1.54, 1.807) is 11.3 Å². The van der Waals surface area contributed by atoms with E-state index in [0.717, 1.165) is 17.7 Å². The van der Waals surface area contributed by atoms with Gasteiger partial charge >= 0.3 is 0 Å². The summed E-state index contributed by atoms with van der Waals surface area (Å²) in [4.78, 5) is 16.6. The van der Waals surface area contributed by atoms with Crippen LogP contribution in [0.2, 0.25) is 0 Å². The maximum absolute atomic E-state index is 12.4. The van der Waals surface area contributed by atoms with Gasteiger partial charge in [0.05, 0.1) is 10.5 Å². The number of rotatable bonds is 1. The number of hydrogen-bond acceptors (Lipinski definition) is 3. The minimum Gasteiger partial charge on any atom is -0.390 e.